The van der Waals surface area contributed by atoms with Gasteiger partial charge < -0.3 is 15.3 Å². The number of carboxylic acid groups (broad SMARTS) is 1. The van der Waals surface area contributed by atoms with Crippen LogP contribution in [-0.4, -0.2) is 34.0 Å². The third-order valence-corrected chi connectivity index (χ3v) is 1.98. The van der Waals surface area contributed by atoms with Crippen LogP contribution in [0.15, 0.2) is 11.6 Å². The van der Waals surface area contributed by atoms with Crippen molar-refractivity contribution in [1.29, 1.82) is 0 Å². The van der Waals surface area contributed by atoms with Crippen molar-refractivity contribution < 1.29 is 20.1 Å². The quantitative estimate of drug-likeness (QED) is 0.424. The first-order valence-electron chi connectivity index (χ1n) is 4.77. The molecule has 0 fully saturated rings. The van der Waals surface area contributed by atoms with Crippen LogP contribution < -0.4 is 0 Å². The van der Waals surface area contributed by atoms with E-state index in [1.54, 1.807) is 0 Å². The summed E-state index contributed by atoms with van der Waals surface area (Å²) in [6.45, 7) is 1.64. The molecule has 0 heterocycles. The number of aliphatic hydroxyl groups excluding tert-OH is 2. The minimum absolute atomic E-state index is 0.136. The number of aliphatic carboxylic acids is 1. The molecule has 0 amide bonds. The summed E-state index contributed by atoms with van der Waals surface area (Å²) in [7, 11) is 0. The Hall–Kier alpha value is -0.870. The van der Waals surface area contributed by atoms with Crippen LogP contribution in [0, 0.1) is 0 Å². The maximum Gasteiger partial charge on any atom is 0.330 e. The summed E-state index contributed by atoms with van der Waals surface area (Å²) in [5.41, 5.74) is 0.256. The molecule has 4 heteroatoms. The molecule has 1 atom stereocenters. The molecule has 0 aliphatic carbocycles. The molecule has 82 valence electrons. The summed E-state index contributed by atoms with van der Waals surface area (Å²) in [5.74, 6) is -0.951. The Labute approximate surface area is 83.9 Å². The first kappa shape index (κ1) is 13.1. The zero-order valence-corrected chi connectivity index (χ0v) is 8.44. The zero-order chi connectivity index (χ0) is 11.0. The Morgan fingerprint density at radius 2 is 2.07 bits per heavy atom. The van der Waals surface area contributed by atoms with Crippen molar-refractivity contribution in [3.05, 3.63) is 11.6 Å². The summed E-state index contributed by atoms with van der Waals surface area (Å²) in [5, 5.41) is 26.4. The smallest absolute Gasteiger partial charge is 0.330 e. The maximum atomic E-state index is 10.4. The van der Waals surface area contributed by atoms with Gasteiger partial charge in [-0.2, -0.15) is 0 Å². The number of hydrogen-bond donors (Lipinski definition) is 3. The monoisotopic (exact) mass is 202 g/mol. The highest BCUT2D eigenvalue weighted by Gasteiger charge is 2.04. The number of rotatable bonds is 7. The Kier molecular flexibility index (Phi) is 7.06. The Morgan fingerprint density at radius 3 is 2.57 bits per heavy atom. The number of aliphatic hydroxyl groups is 2. The normalized spacial score (nSPS) is 14.1. The molecule has 0 radical (unpaired) electrons. The SMILES string of the molecule is CC(=CCC(O)CCCCO)C(=O)O. The first-order chi connectivity index (χ1) is 6.57. The molecule has 0 aliphatic rings. The molecule has 0 aliphatic heterocycles. The van der Waals surface area contributed by atoms with Crippen LogP contribution in [0.5, 0.6) is 0 Å². The van der Waals surface area contributed by atoms with Crippen molar-refractivity contribution in [3.63, 3.8) is 0 Å². The predicted octanol–water partition coefficient (Wildman–Crippen LogP) is 0.931. The van der Waals surface area contributed by atoms with E-state index in [-0.39, 0.29) is 12.2 Å². The second-order valence-corrected chi connectivity index (χ2v) is 3.30. The van der Waals surface area contributed by atoms with Crippen molar-refractivity contribution in [1.82, 2.24) is 0 Å². The molecular formula is C10H18O4. The molecule has 0 saturated carbocycles. The summed E-state index contributed by atoms with van der Waals surface area (Å²) >= 11 is 0. The molecule has 1 unspecified atom stereocenters. The van der Waals surface area contributed by atoms with Crippen molar-refractivity contribution >= 4 is 5.97 Å². The molecule has 3 N–H and O–H groups in total. The lowest BCUT2D eigenvalue weighted by Gasteiger charge is -2.06. The van der Waals surface area contributed by atoms with Crippen LogP contribution in [0.25, 0.3) is 0 Å². The highest BCUT2D eigenvalue weighted by atomic mass is 16.4. The van der Waals surface area contributed by atoms with E-state index in [2.05, 4.69) is 0 Å². The second-order valence-electron chi connectivity index (χ2n) is 3.30. The Morgan fingerprint density at radius 1 is 1.43 bits per heavy atom. The summed E-state index contributed by atoms with van der Waals surface area (Å²) in [6.07, 6.45) is 3.42. The molecule has 0 aromatic carbocycles. The first-order valence-corrected chi connectivity index (χ1v) is 4.77. The third-order valence-electron chi connectivity index (χ3n) is 1.98. The van der Waals surface area contributed by atoms with Gasteiger partial charge in [-0.1, -0.05) is 6.08 Å². The molecule has 0 bridgehead atoms. The van der Waals surface area contributed by atoms with E-state index in [9.17, 15) is 9.90 Å². The van der Waals surface area contributed by atoms with Crippen molar-refractivity contribution in [2.24, 2.45) is 0 Å². The standard InChI is InChI=1S/C10H18O4/c1-8(10(13)14)5-6-9(12)4-2-3-7-11/h5,9,11-12H,2-4,6-7H2,1H3,(H,13,14). The van der Waals surface area contributed by atoms with Gasteiger partial charge in [-0.05, 0) is 32.6 Å². The predicted molar refractivity (Wildman–Crippen MR) is 53.0 cm³/mol. The number of unbranched alkanes of at least 4 members (excludes halogenated alkanes) is 1. The molecule has 0 rings (SSSR count). The van der Waals surface area contributed by atoms with Crippen LogP contribution in [0.1, 0.15) is 32.6 Å². The fourth-order valence-electron chi connectivity index (χ4n) is 1.01. The van der Waals surface area contributed by atoms with Crippen LogP contribution >= 0.6 is 0 Å². The van der Waals surface area contributed by atoms with Crippen molar-refractivity contribution in [2.45, 2.75) is 38.7 Å². The average molecular weight is 202 g/mol. The fourth-order valence-corrected chi connectivity index (χ4v) is 1.01. The lowest BCUT2D eigenvalue weighted by molar-refractivity contribution is -0.132. The van der Waals surface area contributed by atoms with Gasteiger partial charge >= 0.3 is 5.97 Å². The lowest BCUT2D eigenvalue weighted by atomic mass is 10.1. The van der Waals surface area contributed by atoms with E-state index in [0.29, 0.717) is 19.3 Å². The van der Waals surface area contributed by atoms with Gasteiger partial charge in [-0.15, -0.1) is 0 Å². The van der Waals surface area contributed by atoms with Gasteiger partial charge in [0, 0.05) is 12.2 Å². The van der Waals surface area contributed by atoms with E-state index < -0.39 is 12.1 Å². The summed E-state index contributed by atoms with van der Waals surface area (Å²) < 4.78 is 0. The van der Waals surface area contributed by atoms with Gasteiger partial charge in [-0.25, -0.2) is 4.79 Å². The van der Waals surface area contributed by atoms with Crippen LogP contribution in [0.2, 0.25) is 0 Å². The topological polar surface area (TPSA) is 77.8 Å². The van der Waals surface area contributed by atoms with E-state index in [0.717, 1.165) is 6.42 Å². The van der Waals surface area contributed by atoms with Gasteiger partial charge in [0.05, 0.1) is 6.10 Å². The largest absolute Gasteiger partial charge is 0.478 e. The van der Waals surface area contributed by atoms with Gasteiger partial charge in [0.1, 0.15) is 0 Å². The number of carbonyl (C=O) groups is 1. The molecule has 0 spiro atoms. The Bertz CT molecular complexity index is 198. The third kappa shape index (κ3) is 6.62. The average Bonchev–Trinajstić information content (AvgIpc) is 2.14. The van der Waals surface area contributed by atoms with Crippen LogP contribution in [-0.2, 0) is 4.79 Å². The van der Waals surface area contributed by atoms with Gasteiger partial charge in [0.2, 0.25) is 0 Å². The molecule has 14 heavy (non-hydrogen) atoms. The summed E-state index contributed by atoms with van der Waals surface area (Å²) in [6, 6.07) is 0. The second kappa shape index (κ2) is 7.53. The fraction of sp³-hybridized carbons (Fsp3) is 0.700. The van der Waals surface area contributed by atoms with Crippen LogP contribution in [0.3, 0.4) is 0 Å². The van der Waals surface area contributed by atoms with Crippen molar-refractivity contribution in [3.8, 4) is 0 Å². The highest BCUT2D eigenvalue weighted by Crippen LogP contribution is 2.06. The maximum absolute atomic E-state index is 10.4. The van der Waals surface area contributed by atoms with Gasteiger partial charge in [0.25, 0.3) is 0 Å². The Balaban J connectivity index is 3.67. The molecule has 0 aromatic heterocycles. The highest BCUT2D eigenvalue weighted by molar-refractivity contribution is 5.85. The molecule has 0 aromatic rings. The number of carboxylic acids is 1. The lowest BCUT2D eigenvalue weighted by Crippen LogP contribution is -2.06. The minimum atomic E-state index is -0.951. The minimum Gasteiger partial charge on any atom is -0.478 e. The number of hydrogen-bond acceptors (Lipinski definition) is 3. The summed E-state index contributed by atoms with van der Waals surface area (Å²) in [4.78, 5) is 10.4. The molecule has 0 saturated heterocycles. The zero-order valence-electron chi connectivity index (χ0n) is 8.44. The van der Waals surface area contributed by atoms with Crippen molar-refractivity contribution in [2.75, 3.05) is 6.61 Å². The van der Waals surface area contributed by atoms with E-state index in [1.807, 2.05) is 0 Å². The molecular weight excluding hydrogens is 184 g/mol. The van der Waals surface area contributed by atoms with Gasteiger partial charge in [-0.3, -0.25) is 0 Å². The van der Waals surface area contributed by atoms with E-state index in [1.165, 1.54) is 13.0 Å². The molecule has 4 nitrogen and oxygen atoms in total. The van der Waals surface area contributed by atoms with E-state index in [4.69, 9.17) is 10.2 Å². The van der Waals surface area contributed by atoms with E-state index >= 15 is 0 Å². The van der Waals surface area contributed by atoms with Crippen LogP contribution in [0.4, 0.5) is 0 Å². The van der Waals surface area contributed by atoms with Gasteiger partial charge in [0.15, 0.2) is 0 Å².